The minimum absolute atomic E-state index is 0.654. The van der Waals surface area contributed by atoms with Gasteiger partial charge < -0.3 is 9.13 Å². The van der Waals surface area contributed by atoms with Crippen LogP contribution in [0.2, 0.25) is 5.02 Å². The van der Waals surface area contributed by atoms with Gasteiger partial charge in [-0.1, -0.05) is 54.1 Å². The van der Waals surface area contributed by atoms with E-state index in [1.165, 1.54) is 0 Å². The van der Waals surface area contributed by atoms with E-state index in [1.807, 2.05) is 72.8 Å². The standard InChI is InChI=1S/C20H17ClN4/c1-24-12-11-22-18(24)13-25-14-23-19(15-5-3-2-4-6-15)20(25)16-7-9-17(21)10-8-16/h2-12,14H,13H2,1H3. The maximum atomic E-state index is 6.07. The average Bonchev–Trinajstić information content (AvgIpc) is 3.24. The molecule has 0 spiro atoms. The van der Waals surface area contributed by atoms with Crippen molar-refractivity contribution in [1.82, 2.24) is 19.1 Å². The van der Waals surface area contributed by atoms with E-state index >= 15 is 0 Å². The van der Waals surface area contributed by atoms with E-state index in [0.717, 1.165) is 33.4 Å². The van der Waals surface area contributed by atoms with Crippen molar-refractivity contribution in [3.63, 3.8) is 0 Å². The number of halogens is 1. The molecule has 0 aliphatic carbocycles. The Labute approximate surface area is 151 Å². The molecule has 2 aromatic heterocycles. The zero-order valence-electron chi connectivity index (χ0n) is 13.8. The minimum atomic E-state index is 0.654. The van der Waals surface area contributed by atoms with Gasteiger partial charge in [-0.25, -0.2) is 9.97 Å². The fourth-order valence-corrected chi connectivity index (χ4v) is 3.05. The summed E-state index contributed by atoms with van der Waals surface area (Å²) in [6, 6.07) is 18.1. The second-order valence-electron chi connectivity index (χ2n) is 5.90. The van der Waals surface area contributed by atoms with Gasteiger partial charge in [-0.05, 0) is 12.1 Å². The van der Waals surface area contributed by atoms with E-state index in [4.69, 9.17) is 11.6 Å². The van der Waals surface area contributed by atoms with Gasteiger partial charge in [0.25, 0.3) is 0 Å². The van der Waals surface area contributed by atoms with Crippen LogP contribution in [-0.4, -0.2) is 19.1 Å². The maximum absolute atomic E-state index is 6.07. The fourth-order valence-electron chi connectivity index (χ4n) is 2.92. The molecule has 0 N–H and O–H groups in total. The molecule has 0 amide bonds. The number of aromatic nitrogens is 4. The summed E-state index contributed by atoms with van der Waals surface area (Å²) in [5.74, 6) is 0.979. The van der Waals surface area contributed by atoms with E-state index in [1.54, 1.807) is 0 Å². The van der Waals surface area contributed by atoms with Crippen LogP contribution < -0.4 is 0 Å². The molecule has 25 heavy (non-hydrogen) atoms. The van der Waals surface area contributed by atoms with Crippen molar-refractivity contribution in [2.45, 2.75) is 6.54 Å². The number of benzene rings is 2. The van der Waals surface area contributed by atoms with Crippen LogP contribution in [0.4, 0.5) is 0 Å². The highest BCUT2D eigenvalue weighted by molar-refractivity contribution is 6.30. The lowest BCUT2D eigenvalue weighted by Gasteiger charge is -2.11. The Morgan fingerprint density at radius 1 is 0.920 bits per heavy atom. The summed E-state index contributed by atoms with van der Waals surface area (Å²) in [6.07, 6.45) is 5.64. The molecule has 0 fully saturated rings. The van der Waals surface area contributed by atoms with Crippen LogP contribution in [0, 0.1) is 0 Å². The molecule has 4 aromatic rings. The Balaban J connectivity index is 1.86. The molecule has 2 heterocycles. The number of hydrogen-bond donors (Lipinski definition) is 0. The molecule has 0 bridgehead atoms. The van der Waals surface area contributed by atoms with E-state index in [9.17, 15) is 0 Å². The maximum Gasteiger partial charge on any atom is 0.128 e. The largest absolute Gasteiger partial charge is 0.337 e. The molecule has 0 radical (unpaired) electrons. The number of nitrogens with zero attached hydrogens (tertiary/aromatic N) is 4. The van der Waals surface area contributed by atoms with Crippen LogP contribution in [0.5, 0.6) is 0 Å². The summed E-state index contributed by atoms with van der Waals surface area (Å²) in [5, 5.41) is 0.722. The quantitative estimate of drug-likeness (QED) is 0.538. The van der Waals surface area contributed by atoms with E-state index in [-0.39, 0.29) is 0 Å². The second-order valence-corrected chi connectivity index (χ2v) is 6.33. The van der Waals surface area contributed by atoms with Crippen molar-refractivity contribution in [1.29, 1.82) is 0 Å². The third-order valence-corrected chi connectivity index (χ3v) is 4.49. The van der Waals surface area contributed by atoms with Gasteiger partial charge >= 0.3 is 0 Å². The van der Waals surface area contributed by atoms with E-state index in [2.05, 4.69) is 26.7 Å². The highest BCUT2D eigenvalue weighted by atomic mass is 35.5. The topological polar surface area (TPSA) is 35.6 Å². The normalized spacial score (nSPS) is 11.0. The Morgan fingerprint density at radius 2 is 1.68 bits per heavy atom. The summed E-state index contributed by atoms with van der Waals surface area (Å²) in [6.45, 7) is 0.654. The third kappa shape index (κ3) is 3.08. The van der Waals surface area contributed by atoms with Crippen LogP contribution >= 0.6 is 11.6 Å². The van der Waals surface area contributed by atoms with Crippen LogP contribution in [0.15, 0.2) is 73.3 Å². The smallest absolute Gasteiger partial charge is 0.128 e. The van der Waals surface area contributed by atoms with Crippen LogP contribution in [0.1, 0.15) is 5.82 Å². The van der Waals surface area contributed by atoms with Gasteiger partial charge in [0.05, 0.1) is 24.3 Å². The lowest BCUT2D eigenvalue weighted by molar-refractivity contribution is 0.703. The van der Waals surface area contributed by atoms with Gasteiger partial charge in [-0.15, -0.1) is 0 Å². The number of imidazole rings is 2. The first-order valence-corrected chi connectivity index (χ1v) is 8.43. The molecule has 0 unspecified atom stereocenters. The molecule has 5 heteroatoms. The molecule has 4 nitrogen and oxygen atoms in total. The second kappa shape index (κ2) is 6.57. The Bertz CT molecular complexity index is 984. The zero-order chi connectivity index (χ0) is 17.2. The molecule has 124 valence electrons. The van der Waals surface area contributed by atoms with Gasteiger partial charge in [0.2, 0.25) is 0 Å². The summed E-state index contributed by atoms with van der Waals surface area (Å²) < 4.78 is 4.15. The molecule has 0 saturated carbocycles. The lowest BCUT2D eigenvalue weighted by atomic mass is 10.0. The molecule has 4 rings (SSSR count). The van der Waals surface area contributed by atoms with Crippen LogP contribution in [0.3, 0.4) is 0 Å². The van der Waals surface area contributed by atoms with Crippen LogP contribution in [0.25, 0.3) is 22.5 Å². The number of rotatable bonds is 4. The first-order valence-electron chi connectivity index (χ1n) is 8.05. The summed E-state index contributed by atoms with van der Waals surface area (Å²) >= 11 is 6.07. The first-order chi connectivity index (χ1) is 12.2. The molecule has 0 aliphatic heterocycles. The molecule has 0 aliphatic rings. The van der Waals surface area contributed by atoms with Crippen LogP contribution in [-0.2, 0) is 13.6 Å². The predicted octanol–water partition coefficient (Wildman–Crippen LogP) is 4.65. The number of aryl methyl sites for hydroxylation is 1. The van der Waals surface area contributed by atoms with Gasteiger partial charge in [0.1, 0.15) is 5.82 Å². The van der Waals surface area contributed by atoms with Crippen molar-refractivity contribution >= 4 is 11.6 Å². The molecule has 0 saturated heterocycles. The summed E-state index contributed by atoms with van der Waals surface area (Å²) in [7, 11) is 2.00. The SMILES string of the molecule is Cn1ccnc1Cn1cnc(-c2ccccc2)c1-c1ccc(Cl)cc1. The average molecular weight is 349 g/mol. The van der Waals surface area contributed by atoms with E-state index < -0.39 is 0 Å². The fraction of sp³-hybridized carbons (Fsp3) is 0.100. The highest BCUT2D eigenvalue weighted by Gasteiger charge is 2.16. The van der Waals surface area contributed by atoms with Gasteiger partial charge in [0, 0.05) is 35.6 Å². The molecule has 0 atom stereocenters. The Morgan fingerprint density at radius 3 is 2.36 bits per heavy atom. The van der Waals surface area contributed by atoms with Crippen molar-refractivity contribution in [3.05, 3.63) is 84.2 Å². The number of hydrogen-bond acceptors (Lipinski definition) is 2. The Hall–Kier alpha value is -2.85. The van der Waals surface area contributed by atoms with Gasteiger partial charge in [-0.3, -0.25) is 0 Å². The van der Waals surface area contributed by atoms with E-state index in [0.29, 0.717) is 6.54 Å². The van der Waals surface area contributed by atoms with Gasteiger partial charge in [0.15, 0.2) is 0 Å². The monoisotopic (exact) mass is 348 g/mol. The predicted molar refractivity (Wildman–Crippen MR) is 100 cm³/mol. The van der Waals surface area contributed by atoms with Crippen molar-refractivity contribution in [2.75, 3.05) is 0 Å². The molecular formula is C20H17ClN4. The minimum Gasteiger partial charge on any atom is -0.337 e. The molecular weight excluding hydrogens is 332 g/mol. The Kier molecular flexibility index (Phi) is 4.12. The van der Waals surface area contributed by atoms with Crippen molar-refractivity contribution < 1.29 is 0 Å². The molecule has 2 aromatic carbocycles. The third-order valence-electron chi connectivity index (χ3n) is 4.24. The summed E-state index contributed by atoms with van der Waals surface area (Å²) in [5.41, 5.74) is 4.18. The van der Waals surface area contributed by atoms with Crippen molar-refractivity contribution in [2.24, 2.45) is 7.05 Å². The highest BCUT2D eigenvalue weighted by Crippen LogP contribution is 2.32. The lowest BCUT2D eigenvalue weighted by Crippen LogP contribution is -2.06. The summed E-state index contributed by atoms with van der Waals surface area (Å²) in [4.78, 5) is 9.12. The first kappa shape index (κ1) is 15.7. The van der Waals surface area contributed by atoms with Crippen molar-refractivity contribution in [3.8, 4) is 22.5 Å². The van der Waals surface area contributed by atoms with Gasteiger partial charge in [-0.2, -0.15) is 0 Å². The zero-order valence-corrected chi connectivity index (χ0v) is 14.6.